The van der Waals surface area contributed by atoms with Gasteiger partial charge in [0.1, 0.15) is 6.10 Å². The molecule has 1 fully saturated rings. The fraction of sp³-hybridized carbons (Fsp3) is 0.533. The van der Waals surface area contributed by atoms with Crippen molar-refractivity contribution in [1.29, 1.82) is 5.26 Å². The van der Waals surface area contributed by atoms with Crippen molar-refractivity contribution in [2.24, 2.45) is 21.7 Å². The van der Waals surface area contributed by atoms with Crippen molar-refractivity contribution in [2.45, 2.75) is 86.0 Å². The zero-order valence-corrected chi connectivity index (χ0v) is 24.2. The number of ether oxygens (including phenoxy) is 1. The Hall–Kier alpha value is -3.48. The van der Waals surface area contributed by atoms with Crippen molar-refractivity contribution in [3.63, 3.8) is 0 Å². The number of pyridine rings is 1. The molecule has 0 amide bonds. The van der Waals surface area contributed by atoms with Gasteiger partial charge in [0.25, 0.3) is 0 Å². The van der Waals surface area contributed by atoms with E-state index in [1.54, 1.807) is 48.8 Å². The second-order valence-electron chi connectivity index (χ2n) is 11.9. The number of nitrogens with zero attached hydrogens (tertiary/aromatic N) is 3. The second-order valence-corrected chi connectivity index (χ2v) is 11.9. The first-order chi connectivity index (χ1) is 17.8. The molecule has 1 aromatic carbocycles. The smallest absolute Gasteiger partial charge is 0.339 e. The van der Waals surface area contributed by atoms with Crippen LogP contribution in [0.25, 0.3) is 0 Å². The summed E-state index contributed by atoms with van der Waals surface area (Å²) in [7, 11) is 0. The third-order valence-corrected chi connectivity index (χ3v) is 6.70. The number of aliphatic hydroxyl groups excluding tert-OH is 1. The van der Waals surface area contributed by atoms with Gasteiger partial charge in [0.05, 0.1) is 5.69 Å². The van der Waals surface area contributed by atoms with Crippen LogP contribution >= 0.6 is 0 Å². The molecule has 0 aliphatic heterocycles. The summed E-state index contributed by atoms with van der Waals surface area (Å²) in [6.45, 7) is 15.0. The highest BCUT2D eigenvalue weighted by molar-refractivity contribution is 5.84. The molecule has 0 radical (unpaired) electrons. The highest BCUT2D eigenvalue weighted by atomic mass is 16.6. The average molecular weight is 540 g/mol. The van der Waals surface area contributed by atoms with Gasteiger partial charge < -0.3 is 20.6 Å². The molecule has 1 aliphatic carbocycles. The number of hydrogen-bond donors (Lipinski definition) is 3. The maximum Gasteiger partial charge on any atom is 0.339 e. The fourth-order valence-corrected chi connectivity index (χ4v) is 4.47. The van der Waals surface area contributed by atoms with Crippen LogP contribution < -0.4 is 10.6 Å². The Labute approximate surface area is 233 Å². The van der Waals surface area contributed by atoms with Crippen molar-refractivity contribution in [1.82, 2.24) is 15.6 Å². The molecule has 4 atom stereocenters. The van der Waals surface area contributed by atoms with Gasteiger partial charge in [-0.3, -0.25) is 10.3 Å². The molecule has 2 aromatic rings. The summed E-state index contributed by atoms with van der Waals surface area (Å²) in [5.41, 5.74) is 1.60. The summed E-state index contributed by atoms with van der Waals surface area (Å²) >= 11 is 0. The summed E-state index contributed by atoms with van der Waals surface area (Å²) in [5, 5.41) is 24.5. The molecule has 1 aliphatic rings. The number of rotatable bonds is 5. The van der Waals surface area contributed by atoms with Gasteiger partial charge in [0.2, 0.25) is 5.96 Å². The van der Waals surface area contributed by atoms with Gasteiger partial charge in [-0.15, -0.1) is 0 Å². The highest BCUT2D eigenvalue weighted by Crippen LogP contribution is 2.40. The summed E-state index contributed by atoms with van der Waals surface area (Å²) in [6.07, 6.45) is 6.85. The molecule has 1 heterocycles. The number of benzene rings is 1. The maximum absolute atomic E-state index is 12.1. The number of aromatic nitrogens is 1. The van der Waals surface area contributed by atoms with E-state index >= 15 is 0 Å². The van der Waals surface area contributed by atoms with Gasteiger partial charge in [-0.2, -0.15) is 5.26 Å². The molecule has 0 bridgehead atoms. The van der Waals surface area contributed by atoms with Crippen molar-refractivity contribution in [3.8, 4) is 6.19 Å². The predicted molar refractivity (Wildman–Crippen MR) is 154 cm³/mol. The largest absolute Gasteiger partial charge is 0.460 e. The molecular weight excluding hydrogens is 494 g/mol. The number of aliphatic hydroxyl groups is 1. The number of nitriles is 1. The van der Waals surface area contributed by atoms with Crippen molar-refractivity contribution in [3.05, 3.63) is 60.4 Å². The lowest BCUT2D eigenvalue weighted by Gasteiger charge is -2.38. The molecule has 0 saturated heterocycles. The third-order valence-electron chi connectivity index (χ3n) is 6.70. The minimum atomic E-state index is -1.18. The van der Waals surface area contributed by atoms with Crippen molar-refractivity contribution in [2.75, 3.05) is 0 Å². The Morgan fingerprint density at radius 2 is 1.79 bits per heavy atom. The average Bonchev–Trinajstić information content (AvgIpc) is 2.83. The first-order valence-electron chi connectivity index (χ1n) is 13.1. The lowest BCUT2D eigenvalue weighted by atomic mass is 9.71. The SMILES string of the molecule is CC(N/C(=N/c1ccncc1)NC#N)C(C)(C)C.CC1CC(OC(=O)C(O)c2ccccc2)CC(C)(C)C1.O. The summed E-state index contributed by atoms with van der Waals surface area (Å²) < 4.78 is 5.52. The fourth-order valence-electron chi connectivity index (χ4n) is 4.47. The highest BCUT2D eigenvalue weighted by Gasteiger charge is 2.35. The monoisotopic (exact) mass is 539 g/mol. The van der Waals surface area contributed by atoms with E-state index < -0.39 is 12.1 Å². The minimum absolute atomic E-state index is 0. The first-order valence-corrected chi connectivity index (χ1v) is 13.1. The summed E-state index contributed by atoms with van der Waals surface area (Å²) in [5.74, 6) is 0.461. The zero-order chi connectivity index (χ0) is 28.3. The predicted octanol–water partition coefficient (Wildman–Crippen LogP) is 4.82. The molecule has 1 saturated carbocycles. The number of carbonyl (C=O) groups excluding carboxylic acids is 1. The standard InChI is InChI=1S/C17H24O3.C13H19N5.H2O/c1-12-9-14(11-17(2,3)10-12)20-16(19)15(18)13-7-5-4-6-8-13;1-10(13(2,3)4)17-12(16-9-14)18-11-5-7-15-8-6-11;/h4-8,12,14-15,18H,9-11H2,1-3H3;5-8,10H,1-4H3,(H2,15,16,17,18);1H2. The van der Waals surface area contributed by atoms with E-state index in [2.05, 4.69) is 69.1 Å². The third kappa shape index (κ3) is 11.8. The van der Waals surface area contributed by atoms with E-state index in [-0.39, 0.29) is 28.5 Å². The van der Waals surface area contributed by atoms with Crippen molar-refractivity contribution >= 4 is 17.6 Å². The molecule has 9 heteroatoms. The van der Waals surface area contributed by atoms with E-state index in [0.717, 1.165) is 24.9 Å². The Bertz CT molecular complexity index is 1080. The van der Waals surface area contributed by atoms with Crippen LogP contribution in [0.15, 0.2) is 59.9 Å². The Balaban J connectivity index is 0.000000383. The molecule has 4 unspecified atom stereocenters. The number of carbonyl (C=O) groups is 1. The van der Waals surface area contributed by atoms with E-state index in [1.165, 1.54) is 0 Å². The minimum Gasteiger partial charge on any atom is -0.460 e. The summed E-state index contributed by atoms with van der Waals surface area (Å²) in [6, 6.07) is 12.7. The van der Waals surface area contributed by atoms with Gasteiger partial charge in [0, 0.05) is 18.4 Å². The van der Waals surface area contributed by atoms with E-state index in [9.17, 15) is 9.90 Å². The maximum atomic E-state index is 12.1. The molecule has 3 rings (SSSR count). The number of esters is 1. The topological polar surface area (TPSA) is 151 Å². The Morgan fingerprint density at radius 3 is 2.33 bits per heavy atom. The first kappa shape index (κ1) is 33.5. The van der Waals surface area contributed by atoms with Gasteiger partial charge in [-0.1, -0.05) is 71.9 Å². The molecule has 39 heavy (non-hydrogen) atoms. The quantitative estimate of drug-likeness (QED) is 0.162. The molecule has 1 aromatic heterocycles. The number of nitrogens with one attached hydrogen (secondary N) is 2. The second kappa shape index (κ2) is 15.2. The van der Waals surface area contributed by atoms with Crippen LogP contribution in [-0.2, 0) is 9.53 Å². The Kier molecular flexibility index (Phi) is 13.1. The van der Waals surface area contributed by atoms with Crippen LogP contribution in [0.1, 0.15) is 79.4 Å². The van der Waals surface area contributed by atoms with Crippen LogP contribution in [0, 0.1) is 28.2 Å². The molecule has 9 nitrogen and oxygen atoms in total. The normalized spacial score (nSPS) is 20.0. The van der Waals surface area contributed by atoms with Crippen LogP contribution in [-0.4, -0.2) is 39.6 Å². The van der Waals surface area contributed by atoms with Gasteiger partial charge >= 0.3 is 5.97 Å². The zero-order valence-electron chi connectivity index (χ0n) is 24.2. The molecule has 5 N–H and O–H groups in total. The number of hydrogen-bond acceptors (Lipinski definition) is 6. The van der Waals surface area contributed by atoms with E-state index in [0.29, 0.717) is 17.4 Å². The number of guanidine groups is 1. The van der Waals surface area contributed by atoms with Crippen molar-refractivity contribution < 1.29 is 20.1 Å². The Morgan fingerprint density at radius 1 is 1.18 bits per heavy atom. The molecule has 0 spiro atoms. The molecule has 214 valence electrons. The van der Waals surface area contributed by atoms with Gasteiger partial charge in [-0.25, -0.2) is 9.79 Å². The van der Waals surface area contributed by atoms with Crippen LogP contribution in [0.3, 0.4) is 0 Å². The lowest BCUT2D eigenvalue weighted by molar-refractivity contribution is -0.163. The molecular formula is C30H45N5O4. The van der Waals surface area contributed by atoms with Crippen LogP contribution in [0.4, 0.5) is 5.69 Å². The van der Waals surface area contributed by atoms with Gasteiger partial charge in [-0.05, 0) is 60.6 Å². The lowest BCUT2D eigenvalue weighted by Crippen LogP contribution is -2.46. The van der Waals surface area contributed by atoms with Crippen LogP contribution in [0.5, 0.6) is 0 Å². The van der Waals surface area contributed by atoms with E-state index in [1.807, 2.05) is 12.3 Å². The number of aliphatic imine (C=N–C) groups is 1. The van der Waals surface area contributed by atoms with Crippen LogP contribution in [0.2, 0.25) is 0 Å². The summed E-state index contributed by atoms with van der Waals surface area (Å²) in [4.78, 5) is 20.3. The van der Waals surface area contributed by atoms with Gasteiger partial charge in [0.15, 0.2) is 12.3 Å². The van der Waals surface area contributed by atoms with E-state index in [4.69, 9.17) is 10.00 Å².